The van der Waals surface area contributed by atoms with Crippen molar-refractivity contribution in [1.82, 2.24) is 9.55 Å². The number of esters is 1. The van der Waals surface area contributed by atoms with E-state index >= 15 is 0 Å². The van der Waals surface area contributed by atoms with Crippen molar-refractivity contribution in [2.24, 2.45) is 0 Å². The summed E-state index contributed by atoms with van der Waals surface area (Å²) >= 11 is 0. The first-order chi connectivity index (χ1) is 13.1. The van der Waals surface area contributed by atoms with Gasteiger partial charge in [0.05, 0.1) is 28.3 Å². The molecular formula is C20H16N4O3. The highest BCUT2D eigenvalue weighted by Gasteiger charge is 2.39. The Labute approximate surface area is 154 Å². The molecule has 0 radical (unpaired) electrons. The van der Waals surface area contributed by atoms with E-state index in [9.17, 15) is 9.59 Å². The molecule has 7 nitrogen and oxygen atoms in total. The zero-order valence-corrected chi connectivity index (χ0v) is 14.5. The average Bonchev–Trinajstić information content (AvgIpc) is 3.21. The topological polar surface area (TPSA) is 85.2 Å². The molecule has 0 aliphatic carbocycles. The molecule has 1 aromatic heterocycles. The van der Waals surface area contributed by atoms with E-state index in [-0.39, 0.29) is 24.5 Å². The van der Waals surface area contributed by atoms with Crippen LogP contribution in [0.2, 0.25) is 0 Å². The van der Waals surface area contributed by atoms with Gasteiger partial charge >= 0.3 is 5.97 Å². The molecule has 5 rings (SSSR count). The van der Waals surface area contributed by atoms with Crippen molar-refractivity contribution in [1.29, 1.82) is 0 Å². The standard InChI is InChI=1S/C20H16N4O3/c1-11(25)21-13-8-6-12(7-9-13)18-17-15(10-27-19(17)26)23-20-22-14-4-2-3-5-16(14)24(18)20/h2-9,18H,10H2,1H3,(H,21,25)(H,22,23). The van der Waals surface area contributed by atoms with Crippen molar-refractivity contribution in [3.63, 3.8) is 0 Å². The number of anilines is 2. The van der Waals surface area contributed by atoms with Crippen LogP contribution >= 0.6 is 0 Å². The summed E-state index contributed by atoms with van der Waals surface area (Å²) in [5.74, 6) is 0.234. The van der Waals surface area contributed by atoms with Gasteiger partial charge in [0.15, 0.2) is 0 Å². The number of para-hydroxylation sites is 2. The van der Waals surface area contributed by atoms with Crippen LogP contribution in [-0.4, -0.2) is 28.0 Å². The molecule has 3 heterocycles. The van der Waals surface area contributed by atoms with Crippen LogP contribution in [0.25, 0.3) is 11.0 Å². The van der Waals surface area contributed by atoms with E-state index in [1.54, 1.807) is 0 Å². The summed E-state index contributed by atoms with van der Waals surface area (Å²) in [5, 5.41) is 6.00. The second-order valence-electron chi connectivity index (χ2n) is 6.59. The quantitative estimate of drug-likeness (QED) is 0.687. The Morgan fingerprint density at radius 3 is 2.78 bits per heavy atom. The minimum atomic E-state index is -0.343. The largest absolute Gasteiger partial charge is 0.456 e. The second kappa shape index (κ2) is 5.70. The summed E-state index contributed by atoms with van der Waals surface area (Å²) in [7, 11) is 0. The lowest BCUT2D eigenvalue weighted by Crippen LogP contribution is -2.25. The highest BCUT2D eigenvalue weighted by Crippen LogP contribution is 2.41. The van der Waals surface area contributed by atoms with Crippen molar-refractivity contribution in [3.05, 3.63) is 65.4 Å². The third-order valence-electron chi connectivity index (χ3n) is 4.83. The molecule has 3 aromatic rings. The maximum Gasteiger partial charge on any atom is 0.338 e. The Kier molecular flexibility index (Phi) is 3.30. The fourth-order valence-corrected chi connectivity index (χ4v) is 3.72. The summed E-state index contributed by atoms with van der Waals surface area (Å²) in [6.45, 7) is 1.69. The molecule has 0 fully saturated rings. The third-order valence-corrected chi connectivity index (χ3v) is 4.83. The zero-order chi connectivity index (χ0) is 18.5. The third kappa shape index (κ3) is 2.39. The minimum Gasteiger partial charge on any atom is -0.456 e. The van der Waals surface area contributed by atoms with Gasteiger partial charge in [0.25, 0.3) is 0 Å². The van der Waals surface area contributed by atoms with Gasteiger partial charge < -0.3 is 15.4 Å². The lowest BCUT2D eigenvalue weighted by Gasteiger charge is -2.27. The van der Waals surface area contributed by atoms with Gasteiger partial charge in [-0.1, -0.05) is 24.3 Å². The number of nitrogens with one attached hydrogen (secondary N) is 2. The van der Waals surface area contributed by atoms with Crippen molar-refractivity contribution >= 4 is 34.5 Å². The molecule has 2 aliphatic heterocycles. The van der Waals surface area contributed by atoms with Crippen LogP contribution < -0.4 is 10.6 Å². The number of imidazole rings is 1. The van der Waals surface area contributed by atoms with Gasteiger partial charge in [-0.25, -0.2) is 9.78 Å². The Bertz CT molecular complexity index is 1130. The van der Waals surface area contributed by atoms with Crippen molar-refractivity contribution < 1.29 is 14.3 Å². The SMILES string of the molecule is CC(=O)Nc1ccc(C2C3=C(COC3=O)Nc3nc4ccccc4n32)cc1. The number of rotatable bonds is 2. The summed E-state index contributed by atoms with van der Waals surface area (Å²) in [6.07, 6.45) is 0. The van der Waals surface area contributed by atoms with E-state index in [0.717, 1.165) is 22.3 Å². The molecule has 134 valence electrons. The normalized spacial score (nSPS) is 18.0. The van der Waals surface area contributed by atoms with Crippen molar-refractivity contribution in [2.45, 2.75) is 13.0 Å². The van der Waals surface area contributed by atoms with Gasteiger partial charge in [0.2, 0.25) is 11.9 Å². The number of amides is 1. The average molecular weight is 360 g/mol. The van der Waals surface area contributed by atoms with E-state index in [0.29, 0.717) is 17.2 Å². The van der Waals surface area contributed by atoms with Crippen LogP contribution in [0.15, 0.2) is 59.8 Å². The number of aromatic nitrogens is 2. The monoisotopic (exact) mass is 360 g/mol. The van der Waals surface area contributed by atoms with Gasteiger partial charge in [-0.2, -0.15) is 0 Å². The van der Waals surface area contributed by atoms with Crippen LogP contribution in [0.1, 0.15) is 18.5 Å². The Morgan fingerprint density at radius 2 is 2.00 bits per heavy atom. The number of ether oxygens (including phenoxy) is 1. The zero-order valence-electron chi connectivity index (χ0n) is 14.5. The van der Waals surface area contributed by atoms with Gasteiger partial charge in [0.1, 0.15) is 6.61 Å². The van der Waals surface area contributed by atoms with Crippen LogP contribution in [0.4, 0.5) is 11.6 Å². The number of benzene rings is 2. The summed E-state index contributed by atoms with van der Waals surface area (Å²) in [4.78, 5) is 28.4. The summed E-state index contributed by atoms with van der Waals surface area (Å²) < 4.78 is 7.29. The Balaban J connectivity index is 1.69. The van der Waals surface area contributed by atoms with Crippen LogP contribution in [-0.2, 0) is 14.3 Å². The fourth-order valence-electron chi connectivity index (χ4n) is 3.72. The van der Waals surface area contributed by atoms with Gasteiger partial charge in [-0.15, -0.1) is 0 Å². The first kappa shape index (κ1) is 15.6. The van der Waals surface area contributed by atoms with Crippen molar-refractivity contribution in [2.75, 3.05) is 17.2 Å². The van der Waals surface area contributed by atoms with Crippen LogP contribution in [0.3, 0.4) is 0 Å². The highest BCUT2D eigenvalue weighted by atomic mass is 16.5. The molecule has 0 bridgehead atoms. The number of fused-ring (bicyclic) bond motifs is 3. The van der Waals surface area contributed by atoms with Crippen LogP contribution in [0.5, 0.6) is 0 Å². The summed E-state index contributed by atoms with van der Waals surface area (Å²) in [5.41, 5.74) is 4.76. The van der Waals surface area contributed by atoms with E-state index in [4.69, 9.17) is 4.74 Å². The molecule has 7 heteroatoms. The first-order valence-electron chi connectivity index (χ1n) is 8.63. The molecular weight excluding hydrogens is 344 g/mol. The number of hydrogen-bond donors (Lipinski definition) is 2. The van der Waals surface area contributed by atoms with Crippen LogP contribution in [0, 0.1) is 0 Å². The summed E-state index contributed by atoms with van der Waals surface area (Å²) in [6, 6.07) is 15.0. The predicted molar refractivity (Wildman–Crippen MR) is 100 cm³/mol. The molecule has 2 aromatic carbocycles. The molecule has 1 atom stereocenters. The van der Waals surface area contributed by atoms with E-state index in [2.05, 4.69) is 15.6 Å². The van der Waals surface area contributed by atoms with E-state index in [1.807, 2.05) is 53.1 Å². The minimum absolute atomic E-state index is 0.128. The van der Waals surface area contributed by atoms with Gasteiger partial charge in [0, 0.05) is 12.6 Å². The second-order valence-corrected chi connectivity index (χ2v) is 6.59. The molecule has 2 aliphatic rings. The lowest BCUT2D eigenvalue weighted by molar-refractivity contribution is -0.136. The number of carbonyl (C=O) groups excluding carboxylic acids is 2. The molecule has 1 amide bonds. The Morgan fingerprint density at radius 1 is 1.22 bits per heavy atom. The smallest absolute Gasteiger partial charge is 0.338 e. The Hall–Kier alpha value is -3.61. The van der Waals surface area contributed by atoms with E-state index in [1.165, 1.54) is 6.92 Å². The molecule has 1 unspecified atom stereocenters. The first-order valence-corrected chi connectivity index (χ1v) is 8.63. The molecule has 0 saturated carbocycles. The van der Waals surface area contributed by atoms with Crippen molar-refractivity contribution in [3.8, 4) is 0 Å². The number of nitrogens with zero attached hydrogens (tertiary/aromatic N) is 2. The number of hydrogen-bond acceptors (Lipinski definition) is 5. The van der Waals surface area contributed by atoms with Gasteiger partial charge in [-0.05, 0) is 29.8 Å². The molecule has 2 N–H and O–H groups in total. The fraction of sp³-hybridized carbons (Fsp3) is 0.150. The van der Waals surface area contributed by atoms with E-state index < -0.39 is 0 Å². The number of carbonyl (C=O) groups is 2. The maximum atomic E-state index is 12.5. The predicted octanol–water partition coefficient (Wildman–Crippen LogP) is 2.82. The maximum absolute atomic E-state index is 12.5. The van der Waals surface area contributed by atoms with Gasteiger partial charge in [-0.3, -0.25) is 9.36 Å². The highest BCUT2D eigenvalue weighted by molar-refractivity contribution is 5.96. The molecule has 27 heavy (non-hydrogen) atoms. The molecule has 0 spiro atoms. The molecule has 0 saturated heterocycles. The number of cyclic esters (lactones) is 1. The lowest BCUT2D eigenvalue weighted by atomic mass is 9.95.